The van der Waals surface area contributed by atoms with Gasteiger partial charge >= 0.3 is 0 Å². The van der Waals surface area contributed by atoms with E-state index >= 15 is 0 Å². The van der Waals surface area contributed by atoms with Crippen LogP contribution < -0.4 is 5.48 Å². The van der Waals surface area contributed by atoms with Crippen LogP contribution in [0.3, 0.4) is 0 Å². The summed E-state index contributed by atoms with van der Waals surface area (Å²) in [5.74, 6) is -0.747. The molecular formula is C22H22FN3O3. The molecule has 29 heavy (non-hydrogen) atoms. The number of amides is 1. The lowest BCUT2D eigenvalue weighted by molar-refractivity contribution is -0.186. The third-order valence-corrected chi connectivity index (χ3v) is 4.76. The van der Waals surface area contributed by atoms with Crippen LogP contribution in [0, 0.1) is 12.7 Å². The third-order valence-electron chi connectivity index (χ3n) is 4.76. The van der Waals surface area contributed by atoms with Gasteiger partial charge in [-0.1, -0.05) is 23.8 Å². The lowest BCUT2D eigenvalue weighted by Gasteiger charge is -2.22. The van der Waals surface area contributed by atoms with Gasteiger partial charge in [0.1, 0.15) is 11.5 Å². The molecule has 0 spiro atoms. The minimum absolute atomic E-state index is 0.335. The second-order valence-electron chi connectivity index (χ2n) is 7.03. The van der Waals surface area contributed by atoms with Crippen LogP contribution in [0.1, 0.15) is 35.2 Å². The number of ether oxygens (including phenoxy) is 1. The first-order valence-electron chi connectivity index (χ1n) is 9.60. The van der Waals surface area contributed by atoms with Gasteiger partial charge in [-0.25, -0.2) is 19.4 Å². The highest BCUT2D eigenvalue weighted by Gasteiger charge is 2.21. The number of hydrogen-bond acceptors (Lipinski definition) is 4. The molecule has 0 saturated carbocycles. The predicted molar refractivity (Wildman–Crippen MR) is 106 cm³/mol. The molecule has 1 atom stereocenters. The van der Waals surface area contributed by atoms with E-state index in [1.165, 1.54) is 12.1 Å². The van der Waals surface area contributed by atoms with Gasteiger partial charge in [-0.2, -0.15) is 5.10 Å². The van der Waals surface area contributed by atoms with Gasteiger partial charge in [0.2, 0.25) is 0 Å². The second kappa shape index (κ2) is 8.55. The van der Waals surface area contributed by atoms with Gasteiger partial charge in [0.15, 0.2) is 6.29 Å². The van der Waals surface area contributed by atoms with Gasteiger partial charge in [0.25, 0.3) is 5.91 Å². The molecule has 1 unspecified atom stereocenters. The number of benzene rings is 2. The summed E-state index contributed by atoms with van der Waals surface area (Å²) in [6, 6.07) is 13.7. The molecule has 4 rings (SSSR count). The van der Waals surface area contributed by atoms with Crippen molar-refractivity contribution < 1.29 is 18.8 Å². The fourth-order valence-corrected chi connectivity index (χ4v) is 3.25. The summed E-state index contributed by atoms with van der Waals surface area (Å²) in [6.45, 7) is 2.60. The number of nitrogens with one attached hydrogen (secondary N) is 1. The topological polar surface area (TPSA) is 65.4 Å². The molecule has 3 aromatic rings. The average Bonchev–Trinajstić information content (AvgIpc) is 3.19. The number of halogens is 1. The maximum Gasteiger partial charge on any atom is 0.278 e. The van der Waals surface area contributed by atoms with Gasteiger partial charge in [-0.05, 0) is 50.1 Å². The average molecular weight is 395 g/mol. The van der Waals surface area contributed by atoms with Crippen molar-refractivity contribution in [3.8, 4) is 16.9 Å². The Kier molecular flexibility index (Phi) is 5.69. The van der Waals surface area contributed by atoms with Gasteiger partial charge in [0, 0.05) is 24.8 Å². The van der Waals surface area contributed by atoms with E-state index in [0.717, 1.165) is 30.4 Å². The molecule has 0 aliphatic carbocycles. The molecule has 1 N–H and O–H groups in total. The highest BCUT2D eigenvalue weighted by molar-refractivity contribution is 5.99. The van der Waals surface area contributed by atoms with Crippen molar-refractivity contribution in [2.75, 3.05) is 6.61 Å². The molecule has 0 radical (unpaired) electrons. The Morgan fingerprint density at radius 2 is 2.07 bits per heavy atom. The number of carbonyl (C=O) groups is 1. The summed E-state index contributed by atoms with van der Waals surface area (Å²) < 4.78 is 20.3. The smallest absolute Gasteiger partial charge is 0.278 e. The maximum atomic E-state index is 13.3. The summed E-state index contributed by atoms with van der Waals surface area (Å²) in [6.07, 6.45) is 3.90. The van der Waals surface area contributed by atoms with Crippen LogP contribution in [0.5, 0.6) is 0 Å². The number of rotatable bonds is 5. The van der Waals surface area contributed by atoms with E-state index in [1.54, 1.807) is 23.0 Å². The van der Waals surface area contributed by atoms with E-state index in [1.807, 2.05) is 31.2 Å². The fourth-order valence-electron chi connectivity index (χ4n) is 3.25. The Morgan fingerprint density at radius 3 is 2.79 bits per heavy atom. The number of nitrogens with zero attached hydrogens (tertiary/aromatic N) is 2. The van der Waals surface area contributed by atoms with Gasteiger partial charge in [-0.15, -0.1) is 0 Å². The molecule has 2 heterocycles. The van der Waals surface area contributed by atoms with Crippen molar-refractivity contribution in [2.24, 2.45) is 0 Å². The SMILES string of the molecule is Cc1cccc(-c2nn(-c3ccc(F)cc3)cc2C(=O)NOC2CCCCO2)c1. The Labute approximate surface area is 168 Å². The van der Waals surface area contributed by atoms with Crippen molar-refractivity contribution in [3.63, 3.8) is 0 Å². The van der Waals surface area contributed by atoms with E-state index in [2.05, 4.69) is 10.6 Å². The Bertz CT molecular complexity index is 995. The summed E-state index contributed by atoms with van der Waals surface area (Å²) >= 11 is 0. The molecule has 1 amide bonds. The highest BCUT2D eigenvalue weighted by Crippen LogP contribution is 2.25. The Morgan fingerprint density at radius 1 is 1.24 bits per heavy atom. The zero-order valence-electron chi connectivity index (χ0n) is 16.1. The monoisotopic (exact) mass is 395 g/mol. The minimum Gasteiger partial charge on any atom is -0.350 e. The van der Waals surface area contributed by atoms with Gasteiger partial charge in [-0.3, -0.25) is 4.79 Å². The Hall–Kier alpha value is -3.03. The number of aromatic nitrogens is 2. The van der Waals surface area contributed by atoms with Gasteiger partial charge < -0.3 is 4.74 Å². The summed E-state index contributed by atoms with van der Waals surface area (Å²) in [7, 11) is 0. The molecule has 150 valence electrons. The molecule has 1 fully saturated rings. The molecule has 1 aliphatic heterocycles. The summed E-state index contributed by atoms with van der Waals surface area (Å²) in [5, 5.41) is 4.58. The number of carbonyl (C=O) groups excluding carboxylic acids is 1. The molecule has 2 aromatic carbocycles. The molecule has 6 nitrogen and oxygen atoms in total. The molecular weight excluding hydrogens is 373 g/mol. The minimum atomic E-state index is -0.442. The first-order chi connectivity index (χ1) is 14.1. The van der Waals surface area contributed by atoms with Gasteiger partial charge in [0.05, 0.1) is 11.3 Å². The predicted octanol–water partition coefficient (Wildman–Crippen LogP) is 4.17. The van der Waals surface area contributed by atoms with Crippen LogP contribution in [0.25, 0.3) is 16.9 Å². The van der Waals surface area contributed by atoms with Crippen LogP contribution in [-0.4, -0.2) is 28.6 Å². The first-order valence-corrected chi connectivity index (χ1v) is 9.60. The van der Waals surface area contributed by atoms with Crippen molar-refractivity contribution in [1.29, 1.82) is 0 Å². The summed E-state index contributed by atoms with van der Waals surface area (Å²) in [5.41, 5.74) is 5.88. The van der Waals surface area contributed by atoms with Crippen molar-refractivity contribution in [1.82, 2.24) is 15.3 Å². The van der Waals surface area contributed by atoms with E-state index in [0.29, 0.717) is 23.6 Å². The fraction of sp³-hybridized carbons (Fsp3) is 0.273. The normalized spacial score (nSPS) is 16.6. The van der Waals surface area contributed by atoms with Crippen LogP contribution in [-0.2, 0) is 9.57 Å². The van der Waals surface area contributed by atoms with E-state index in [-0.39, 0.29) is 5.82 Å². The number of hydrogen-bond donors (Lipinski definition) is 1. The largest absolute Gasteiger partial charge is 0.350 e. The van der Waals surface area contributed by atoms with Crippen molar-refractivity contribution in [2.45, 2.75) is 32.5 Å². The molecule has 1 aromatic heterocycles. The summed E-state index contributed by atoms with van der Waals surface area (Å²) in [4.78, 5) is 18.3. The Balaban J connectivity index is 1.64. The standard InChI is InChI=1S/C22H22FN3O3/c1-15-5-4-6-16(13-15)21-19(22(27)25-29-20-7-2-3-12-28-20)14-26(24-21)18-10-8-17(23)9-11-18/h4-6,8-11,13-14,20H,2-3,7,12H2,1H3,(H,25,27). The van der Waals surface area contributed by atoms with Crippen LogP contribution in [0.4, 0.5) is 4.39 Å². The van der Waals surface area contributed by atoms with E-state index < -0.39 is 12.2 Å². The maximum absolute atomic E-state index is 13.3. The van der Waals surface area contributed by atoms with E-state index in [4.69, 9.17) is 9.57 Å². The second-order valence-corrected chi connectivity index (χ2v) is 7.03. The zero-order valence-corrected chi connectivity index (χ0v) is 16.1. The molecule has 1 aliphatic rings. The van der Waals surface area contributed by atoms with Crippen LogP contribution in [0.15, 0.2) is 54.7 Å². The van der Waals surface area contributed by atoms with Crippen LogP contribution >= 0.6 is 0 Å². The molecule has 1 saturated heterocycles. The van der Waals surface area contributed by atoms with Crippen molar-refractivity contribution in [3.05, 3.63) is 71.7 Å². The van der Waals surface area contributed by atoms with Crippen molar-refractivity contribution >= 4 is 5.91 Å². The number of aryl methyl sites for hydroxylation is 1. The highest BCUT2D eigenvalue weighted by atomic mass is 19.1. The van der Waals surface area contributed by atoms with E-state index in [9.17, 15) is 9.18 Å². The quantitative estimate of drug-likeness (QED) is 0.659. The number of hydroxylamine groups is 1. The molecule has 7 heteroatoms. The van der Waals surface area contributed by atoms with Crippen LogP contribution in [0.2, 0.25) is 0 Å². The molecule has 0 bridgehead atoms. The first kappa shape index (κ1) is 19.3. The third kappa shape index (κ3) is 4.52. The lowest BCUT2D eigenvalue weighted by atomic mass is 10.1. The zero-order chi connectivity index (χ0) is 20.2. The lowest BCUT2D eigenvalue weighted by Crippen LogP contribution is -2.33.